The van der Waals surface area contributed by atoms with E-state index in [0.717, 1.165) is 43.7 Å². The highest BCUT2D eigenvalue weighted by molar-refractivity contribution is 5.98. The predicted molar refractivity (Wildman–Crippen MR) is 129 cm³/mol. The van der Waals surface area contributed by atoms with Crippen LogP contribution in [0.2, 0.25) is 0 Å². The number of likely N-dealkylation sites (tertiary alicyclic amines) is 1. The highest BCUT2D eigenvalue weighted by atomic mass is 16.5. The number of ether oxygens (including phenoxy) is 1. The van der Waals surface area contributed by atoms with Gasteiger partial charge in [0.15, 0.2) is 0 Å². The van der Waals surface area contributed by atoms with Crippen molar-refractivity contribution in [3.8, 4) is 5.75 Å². The normalized spacial score (nSPS) is 14.2. The number of benzene rings is 2. The molecule has 0 saturated carbocycles. The second-order valence-electron chi connectivity index (χ2n) is 9.49. The third-order valence-corrected chi connectivity index (χ3v) is 6.17. The monoisotopic (exact) mass is 436 g/mol. The number of nitrogens with zero attached hydrogens (tertiary/aromatic N) is 1. The molecule has 5 heteroatoms. The number of carbonyl (C=O) groups is 2. The molecule has 0 bridgehead atoms. The molecule has 5 nitrogen and oxygen atoms in total. The maximum Gasteiger partial charge on any atom is 0.253 e. The number of amides is 2. The van der Waals surface area contributed by atoms with Crippen molar-refractivity contribution < 1.29 is 14.3 Å². The summed E-state index contributed by atoms with van der Waals surface area (Å²) < 4.78 is 5.94. The van der Waals surface area contributed by atoms with E-state index in [0.29, 0.717) is 24.3 Å². The fourth-order valence-electron chi connectivity index (χ4n) is 3.98. The second-order valence-corrected chi connectivity index (χ2v) is 9.49. The summed E-state index contributed by atoms with van der Waals surface area (Å²) in [7, 11) is 0. The Morgan fingerprint density at radius 2 is 1.78 bits per heavy atom. The highest BCUT2D eigenvalue weighted by Gasteiger charge is 2.27. The van der Waals surface area contributed by atoms with Crippen LogP contribution in [0.4, 0.5) is 5.69 Å². The average molecular weight is 437 g/mol. The van der Waals surface area contributed by atoms with Gasteiger partial charge in [-0.2, -0.15) is 0 Å². The summed E-state index contributed by atoms with van der Waals surface area (Å²) in [5, 5.41) is 3.01. The van der Waals surface area contributed by atoms with E-state index in [1.165, 1.54) is 12.0 Å². The van der Waals surface area contributed by atoms with Crippen molar-refractivity contribution >= 4 is 17.5 Å². The number of hydrogen-bond acceptors (Lipinski definition) is 3. The Hall–Kier alpha value is -2.82. The zero-order chi connectivity index (χ0) is 23.1. The van der Waals surface area contributed by atoms with Crippen molar-refractivity contribution in [2.24, 2.45) is 5.41 Å². The van der Waals surface area contributed by atoms with Gasteiger partial charge in [-0.3, -0.25) is 9.59 Å². The van der Waals surface area contributed by atoms with E-state index < -0.39 is 5.41 Å². The molecule has 172 valence electrons. The van der Waals surface area contributed by atoms with Crippen LogP contribution in [0.3, 0.4) is 0 Å². The molecule has 0 spiro atoms. The van der Waals surface area contributed by atoms with Crippen LogP contribution in [0.5, 0.6) is 5.75 Å². The van der Waals surface area contributed by atoms with Crippen molar-refractivity contribution in [1.29, 1.82) is 0 Å². The number of aryl methyl sites for hydroxylation is 2. The van der Waals surface area contributed by atoms with E-state index in [1.807, 2.05) is 49.9 Å². The summed E-state index contributed by atoms with van der Waals surface area (Å²) in [6.45, 7) is 10.2. The van der Waals surface area contributed by atoms with Gasteiger partial charge in [0.25, 0.3) is 5.91 Å². The molecule has 1 N–H and O–H groups in total. The predicted octanol–water partition coefficient (Wildman–Crippen LogP) is 5.75. The van der Waals surface area contributed by atoms with Crippen LogP contribution in [0.1, 0.15) is 67.4 Å². The van der Waals surface area contributed by atoms with Gasteiger partial charge in [0.2, 0.25) is 5.91 Å². The Labute approximate surface area is 192 Å². The SMILES string of the molecule is Cc1ccc(C)c(OCCCC(C)(C)C(=O)Nc2cccc(C(=O)N3CCCCC3)c2)c1. The molecule has 2 aromatic rings. The summed E-state index contributed by atoms with van der Waals surface area (Å²) in [6, 6.07) is 13.5. The van der Waals surface area contributed by atoms with Crippen molar-refractivity contribution in [1.82, 2.24) is 4.90 Å². The third kappa shape index (κ3) is 6.35. The molecular formula is C27H36N2O3. The molecule has 0 aromatic heterocycles. The smallest absolute Gasteiger partial charge is 0.253 e. The van der Waals surface area contributed by atoms with Crippen molar-refractivity contribution in [2.75, 3.05) is 25.0 Å². The number of nitrogens with one attached hydrogen (secondary N) is 1. The molecule has 0 radical (unpaired) electrons. The van der Waals surface area contributed by atoms with Gasteiger partial charge < -0.3 is 15.0 Å². The molecule has 3 rings (SSSR count). The van der Waals surface area contributed by atoms with Crippen LogP contribution >= 0.6 is 0 Å². The van der Waals surface area contributed by atoms with Gasteiger partial charge in [-0.15, -0.1) is 0 Å². The fourth-order valence-corrected chi connectivity index (χ4v) is 3.98. The molecule has 0 aliphatic carbocycles. The molecule has 1 heterocycles. The first-order chi connectivity index (χ1) is 15.3. The molecule has 1 aliphatic rings. The molecule has 1 aliphatic heterocycles. The lowest BCUT2D eigenvalue weighted by molar-refractivity contribution is -0.124. The second kappa shape index (κ2) is 10.7. The summed E-state index contributed by atoms with van der Waals surface area (Å²) >= 11 is 0. The number of anilines is 1. The zero-order valence-corrected chi connectivity index (χ0v) is 19.9. The number of rotatable bonds is 8. The minimum absolute atomic E-state index is 0.0450. The van der Waals surface area contributed by atoms with Gasteiger partial charge in [0.05, 0.1) is 6.61 Å². The highest BCUT2D eigenvalue weighted by Crippen LogP contribution is 2.26. The maximum atomic E-state index is 12.9. The van der Waals surface area contributed by atoms with E-state index in [2.05, 4.69) is 24.4 Å². The van der Waals surface area contributed by atoms with Crippen LogP contribution in [0, 0.1) is 19.3 Å². The maximum absolute atomic E-state index is 12.9. The third-order valence-electron chi connectivity index (χ3n) is 6.17. The quantitative estimate of drug-likeness (QED) is 0.536. The topological polar surface area (TPSA) is 58.6 Å². The van der Waals surface area contributed by atoms with Crippen LogP contribution < -0.4 is 10.1 Å². The molecular weight excluding hydrogens is 400 g/mol. The lowest BCUT2D eigenvalue weighted by atomic mass is 9.87. The number of hydrogen-bond donors (Lipinski definition) is 1. The molecule has 0 unspecified atom stereocenters. The van der Waals surface area contributed by atoms with Crippen LogP contribution in [-0.4, -0.2) is 36.4 Å². The van der Waals surface area contributed by atoms with E-state index in [-0.39, 0.29) is 11.8 Å². The van der Waals surface area contributed by atoms with Crippen molar-refractivity contribution in [3.63, 3.8) is 0 Å². The van der Waals surface area contributed by atoms with E-state index in [9.17, 15) is 9.59 Å². The Bertz CT molecular complexity index is 946. The zero-order valence-electron chi connectivity index (χ0n) is 19.9. The van der Waals surface area contributed by atoms with Crippen LogP contribution in [0.15, 0.2) is 42.5 Å². The van der Waals surface area contributed by atoms with Gasteiger partial charge in [0, 0.05) is 29.8 Å². The van der Waals surface area contributed by atoms with Gasteiger partial charge in [0.1, 0.15) is 5.75 Å². The molecule has 0 atom stereocenters. The van der Waals surface area contributed by atoms with Crippen molar-refractivity contribution in [2.45, 2.75) is 59.8 Å². The van der Waals surface area contributed by atoms with E-state index >= 15 is 0 Å². The minimum atomic E-state index is -0.544. The number of carbonyl (C=O) groups excluding carboxylic acids is 2. The Kier molecular flexibility index (Phi) is 7.94. The van der Waals surface area contributed by atoms with Gasteiger partial charge in [-0.25, -0.2) is 0 Å². The first kappa shape index (κ1) is 23.8. The summed E-state index contributed by atoms with van der Waals surface area (Å²) in [5.41, 5.74) is 3.04. The standard InChI is InChI=1S/C27H36N2O3/c1-20-12-13-21(2)24(18-20)32-17-9-14-27(3,4)26(31)28-23-11-8-10-22(19-23)25(30)29-15-6-5-7-16-29/h8,10-13,18-19H,5-7,9,14-17H2,1-4H3,(H,28,31). The van der Waals surface area contributed by atoms with Crippen molar-refractivity contribution in [3.05, 3.63) is 59.2 Å². The fraction of sp³-hybridized carbons (Fsp3) is 0.481. The van der Waals surface area contributed by atoms with E-state index in [1.54, 1.807) is 6.07 Å². The summed E-state index contributed by atoms with van der Waals surface area (Å²) in [4.78, 5) is 27.6. The van der Waals surface area contributed by atoms with Crippen LogP contribution in [-0.2, 0) is 4.79 Å². The van der Waals surface area contributed by atoms with Crippen LogP contribution in [0.25, 0.3) is 0 Å². The van der Waals surface area contributed by atoms with E-state index in [4.69, 9.17) is 4.74 Å². The first-order valence-electron chi connectivity index (χ1n) is 11.7. The Balaban J connectivity index is 1.52. The Morgan fingerprint density at radius 1 is 1.03 bits per heavy atom. The Morgan fingerprint density at radius 3 is 2.53 bits per heavy atom. The summed E-state index contributed by atoms with van der Waals surface area (Å²) in [5.74, 6) is 0.901. The largest absolute Gasteiger partial charge is 0.493 e. The molecule has 1 fully saturated rings. The molecule has 1 saturated heterocycles. The summed E-state index contributed by atoms with van der Waals surface area (Å²) in [6.07, 6.45) is 4.79. The lowest BCUT2D eigenvalue weighted by Crippen LogP contribution is -2.35. The van der Waals surface area contributed by atoms with Gasteiger partial charge >= 0.3 is 0 Å². The molecule has 32 heavy (non-hydrogen) atoms. The lowest BCUT2D eigenvalue weighted by Gasteiger charge is -2.27. The van der Waals surface area contributed by atoms with Gasteiger partial charge in [-0.1, -0.05) is 32.0 Å². The average Bonchev–Trinajstić information content (AvgIpc) is 2.79. The minimum Gasteiger partial charge on any atom is -0.493 e. The van der Waals surface area contributed by atoms with Gasteiger partial charge in [-0.05, 0) is 81.3 Å². The first-order valence-corrected chi connectivity index (χ1v) is 11.7. The molecule has 2 aromatic carbocycles. The molecule has 2 amide bonds. The number of piperidine rings is 1.